The zero-order valence-corrected chi connectivity index (χ0v) is 10.6. The second-order valence-corrected chi connectivity index (χ2v) is 2.81. The molecule has 3 nitrogen and oxygen atoms in total. The molecule has 0 rings (SSSR count). The van der Waals surface area contributed by atoms with Crippen molar-refractivity contribution >= 4 is 0 Å². The number of likely N-dealkylation sites (N-methyl/N-ethyl adjacent to an activating group) is 1. The maximum atomic E-state index is 5.80. The molecule has 1 unspecified atom stereocenters. The van der Waals surface area contributed by atoms with Crippen LogP contribution in [0.5, 0.6) is 0 Å². The predicted octanol–water partition coefficient (Wildman–Crippen LogP) is 1.75. The van der Waals surface area contributed by atoms with Crippen molar-refractivity contribution in [2.75, 3.05) is 14.1 Å². The molecule has 0 amide bonds. The van der Waals surface area contributed by atoms with Crippen LogP contribution in [0.15, 0.2) is 36.2 Å². The van der Waals surface area contributed by atoms with Gasteiger partial charge in [-0.05, 0) is 14.0 Å². The predicted molar refractivity (Wildman–Crippen MR) is 69.5 cm³/mol. The van der Waals surface area contributed by atoms with Gasteiger partial charge in [0.25, 0.3) is 0 Å². The molecule has 0 spiro atoms. The second-order valence-electron chi connectivity index (χ2n) is 2.81. The summed E-state index contributed by atoms with van der Waals surface area (Å²) in [7, 11) is 3.69. The van der Waals surface area contributed by atoms with Gasteiger partial charge in [-0.1, -0.05) is 38.2 Å². The van der Waals surface area contributed by atoms with E-state index in [1.165, 1.54) is 0 Å². The van der Waals surface area contributed by atoms with Crippen LogP contribution in [0.2, 0.25) is 0 Å². The smallest absolute Gasteiger partial charge is 0.0671 e. The lowest BCUT2D eigenvalue weighted by molar-refractivity contribution is 0.733. The molecule has 0 heterocycles. The van der Waals surface area contributed by atoms with Gasteiger partial charge in [0.05, 0.1) is 6.04 Å². The van der Waals surface area contributed by atoms with E-state index in [4.69, 9.17) is 5.73 Å². The number of nitrogens with two attached hydrogens (primary N) is 1. The van der Waals surface area contributed by atoms with Gasteiger partial charge in [-0.3, -0.25) is 0 Å². The molecular weight excluding hydrogens is 186 g/mol. The molecule has 1 atom stereocenters. The Kier molecular flexibility index (Phi) is 11.7. The van der Waals surface area contributed by atoms with Gasteiger partial charge in [-0.15, -0.1) is 0 Å². The average molecular weight is 211 g/mol. The first-order valence-electron chi connectivity index (χ1n) is 5.26. The van der Waals surface area contributed by atoms with Crippen LogP contribution in [0.3, 0.4) is 0 Å². The molecule has 0 bridgehead atoms. The van der Waals surface area contributed by atoms with Gasteiger partial charge in [-0.25, -0.2) is 0 Å². The van der Waals surface area contributed by atoms with Gasteiger partial charge in [0.2, 0.25) is 0 Å². The van der Waals surface area contributed by atoms with Crippen LogP contribution in [0.4, 0.5) is 0 Å². The maximum absolute atomic E-state index is 5.80. The summed E-state index contributed by atoms with van der Waals surface area (Å²) in [5.74, 6) is 0. The topological polar surface area (TPSA) is 50.1 Å². The molecule has 0 aliphatic heterocycles. The van der Waals surface area contributed by atoms with Gasteiger partial charge in [0.1, 0.15) is 0 Å². The summed E-state index contributed by atoms with van der Waals surface area (Å²) in [6.07, 6.45) is 5.60. The Hall–Kier alpha value is -1.22. The normalized spacial score (nSPS) is 13.7. The van der Waals surface area contributed by atoms with Gasteiger partial charge < -0.3 is 16.4 Å². The first-order valence-corrected chi connectivity index (χ1v) is 5.26. The van der Waals surface area contributed by atoms with Gasteiger partial charge in [-0.2, -0.15) is 0 Å². The van der Waals surface area contributed by atoms with Crippen molar-refractivity contribution in [2.45, 2.75) is 26.8 Å². The summed E-state index contributed by atoms with van der Waals surface area (Å²) in [5, 5.41) is 5.99. The number of nitrogens with one attached hydrogen (secondary N) is 2. The first-order chi connectivity index (χ1) is 7.15. The molecule has 0 radical (unpaired) electrons. The standard InChI is InChI=1S/C10H19N3.C2H6/c1-5-8(2)6-10(13-4)9(11)7-12-3;1-2/h5-7,10,12-13H,1,11H2,2-4H3;1-2H3/b8-6-,9-7-;. The van der Waals surface area contributed by atoms with Crippen LogP contribution >= 0.6 is 0 Å². The summed E-state index contributed by atoms with van der Waals surface area (Å²) < 4.78 is 0. The molecule has 0 fully saturated rings. The van der Waals surface area contributed by atoms with Gasteiger partial charge in [0, 0.05) is 18.9 Å². The van der Waals surface area contributed by atoms with Gasteiger partial charge >= 0.3 is 0 Å². The van der Waals surface area contributed by atoms with E-state index >= 15 is 0 Å². The van der Waals surface area contributed by atoms with Crippen LogP contribution in [0, 0.1) is 0 Å². The molecule has 3 heteroatoms. The van der Waals surface area contributed by atoms with Crippen LogP contribution in [0.25, 0.3) is 0 Å². The van der Waals surface area contributed by atoms with E-state index in [2.05, 4.69) is 17.2 Å². The number of allylic oxidation sites excluding steroid dienone is 2. The third-order valence-electron chi connectivity index (χ3n) is 1.73. The van der Waals surface area contributed by atoms with Crippen molar-refractivity contribution in [3.05, 3.63) is 36.2 Å². The minimum absolute atomic E-state index is 0.0606. The van der Waals surface area contributed by atoms with Crippen molar-refractivity contribution in [3.8, 4) is 0 Å². The highest BCUT2D eigenvalue weighted by molar-refractivity contribution is 5.22. The Morgan fingerprint density at radius 1 is 1.33 bits per heavy atom. The summed E-state index contributed by atoms with van der Waals surface area (Å²) in [6, 6.07) is 0.0606. The van der Waals surface area contributed by atoms with Crippen molar-refractivity contribution in [3.63, 3.8) is 0 Å². The zero-order valence-electron chi connectivity index (χ0n) is 10.6. The SMILES string of the molecule is C=C/C(C)=C\C(NC)/C(N)=C/NC.CC. The first kappa shape index (κ1) is 16.2. The molecule has 0 saturated carbocycles. The Balaban J connectivity index is 0. The highest BCUT2D eigenvalue weighted by Gasteiger charge is 2.04. The quantitative estimate of drug-likeness (QED) is 0.607. The minimum atomic E-state index is 0.0606. The lowest BCUT2D eigenvalue weighted by Crippen LogP contribution is -2.30. The van der Waals surface area contributed by atoms with E-state index in [1.54, 1.807) is 12.3 Å². The van der Waals surface area contributed by atoms with Gasteiger partial charge in [0.15, 0.2) is 0 Å². The maximum Gasteiger partial charge on any atom is 0.0671 e. The van der Waals surface area contributed by atoms with E-state index in [0.717, 1.165) is 11.3 Å². The zero-order chi connectivity index (χ0) is 12.3. The minimum Gasteiger partial charge on any atom is -0.399 e. The van der Waals surface area contributed by atoms with E-state index in [9.17, 15) is 0 Å². The third kappa shape index (κ3) is 7.82. The molecule has 88 valence electrons. The Morgan fingerprint density at radius 2 is 1.87 bits per heavy atom. The fourth-order valence-electron chi connectivity index (χ4n) is 0.934. The number of hydrogen-bond donors (Lipinski definition) is 3. The average Bonchev–Trinajstić information content (AvgIpc) is 2.28. The fourth-order valence-corrected chi connectivity index (χ4v) is 0.934. The molecule has 0 aromatic rings. The molecule has 0 aliphatic rings. The Labute approximate surface area is 94.1 Å². The summed E-state index contributed by atoms with van der Waals surface area (Å²) >= 11 is 0. The van der Waals surface area contributed by atoms with E-state index in [-0.39, 0.29) is 6.04 Å². The van der Waals surface area contributed by atoms with Crippen molar-refractivity contribution in [1.82, 2.24) is 10.6 Å². The largest absolute Gasteiger partial charge is 0.399 e. The molecular formula is C12H25N3. The summed E-state index contributed by atoms with van der Waals surface area (Å²) in [5.41, 5.74) is 7.66. The Bertz CT molecular complexity index is 217. The molecule has 0 aromatic heterocycles. The van der Waals surface area contributed by atoms with Crippen molar-refractivity contribution in [1.29, 1.82) is 0 Å². The molecule has 4 N–H and O–H groups in total. The fraction of sp³-hybridized carbons (Fsp3) is 0.500. The second kappa shape index (κ2) is 10.9. The molecule has 0 saturated heterocycles. The highest BCUT2D eigenvalue weighted by atomic mass is 14.9. The van der Waals surface area contributed by atoms with Crippen LogP contribution in [-0.4, -0.2) is 20.1 Å². The lowest BCUT2D eigenvalue weighted by atomic mass is 10.1. The summed E-state index contributed by atoms with van der Waals surface area (Å²) in [4.78, 5) is 0. The lowest BCUT2D eigenvalue weighted by Gasteiger charge is -2.12. The van der Waals surface area contributed by atoms with Crippen LogP contribution in [-0.2, 0) is 0 Å². The summed E-state index contributed by atoms with van der Waals surface area (Å²) in [6.45, 7) is 9.67. The number of hydrogen-bond acceptors (Lipinski definition) is 3. The van der Waals surface area contributed by atoms with E-state index in [1.807, 2.05) is 40.9 Å². The highest BCUT2D eigenvalue weighted by Crippen LogP contribution is 2.01. The monoisotopic (exact) mass is 211 g/mol. The van der Waals surface area contributed by atoms with E-state index in [0.29, 0.717) is 0 Å². The molecule has 0 aromatic carbocycles. The van der Waals surface area contributed by atoms with Crippen molar-refractivity contribution in [2.24, 2.45) is 5.73 Å². The van der Waals surface area contributed by atoms with Crippen molar-refractivity contribution < 1.29 is 0 Å². The van der Waals surface area contributed by atoms with E-state index < -0.39 is 0 Å². The molecule has 15 heavy (non-hydrogen) atoms. The third-order valence-corrected chi connectivity index (χ3v) is 1.73. The molecule has 0 aliphatic carbocycles. The van der Waals surface area contributed by atoms with Crippen LogP contribution < -0.4 is 16.4 Å². The Morgan fingerprint density at radius 3 is 2.20 bits per heavy atom. The number of rotatable bonds is 5. The van der Waals surface area contributed by atoms with Crippen LogP contribution in [0.1, 0.15) is 20.8 Å².